The molecule has 0 rings (SSSR count). The summed E-state index contributed by atoms with van der Waals surface area (Å²) in [7, 11) is 0.0119. The molecular weight excluding hydrogens is 1220 g/mol. The van der Waals surface area contributed by atoms with Crippen LogP contribution in [0, 0.1) is 0 Å². The number of carbonyl (C=O) groups excluding carboxylic acids is 3. The predicted molar refractivity (Wildman–Crippen MR) is 402 cm³/mol. The lowest BCUT2D eigenvalue weighted by molar-refractivity contribution is -0.890. The summed E-state index contributed by atoms with van der Waals surface area (Å²) < 4.78 is 21.3. The lowest BCUT2D eigenvalue weighted by Crippen LogP contribution is -2.64. The number of hydrogen-bond donors (Lipinski definition) is 9. The van der Waals surface area contributed by atoms with Gasteiger partial charge in [0.05, 0.1) is 86.6 Å². The lowest BCUT2D eigenvalue weighted by Gasteiger charge is -2.41. The van der Waals surface area contributed by atoms with Crippen LogP contribution in [0.2, 0.25) is 6.04 Å². The zero-order chi connectivity index (χ0) is 70.9. The summed E-state index contributed by atoms with van der Waals surface area (Å²) >= 11 is 0. The number of unbranched alkanes of at least 4 members (excludes halogenated alkanes) is 47. The van der Waals surface area contributed by atoms with Crippen molar-refractivity contribution in [3.05, 3.63) is 0 Å². The van der Waals surface area contributed by atoms with Crippen molar-refractivity contribution >= 4 is 26.5 Å². The van der Waals surface area contributed by atoms with E-state index >= 15 is 0 Å². The van der Waals surface area contributed by atoms with Gasteiger partial charge in [-0.1, -0.05) is 323 Å². The molecule has 17 heteroatoms. The largest absolute Gasteiger partial charge is 0.501 e. The molecular formula is C79H161N4O12Si+. The van der Waals surface area contributed by atoms with Gasteiger partial charge in [0.25, 0.3) is 0 Å². The van der Waals surface area contributed by atoms with Gasteiger partial charge in [0, 0.05) is 31.7 Å². The molecule has 572 valence electrons. The summed E-state index contributed by atoms with van der Waals surface area (Å²) in [5.41, 5.74) is -5.07. The first-order valence-electron chi connectivity index (χ1n) is 40.9. The molecule has 0 aromatic rings. The van der Waals surface area contributed by atoms with Crippen LogP contribution in [0.15, 0.2) is 0 Å². The third kappa shape index (κ3) is 53.1. The smallest absolute Gasteiger partial charge is 0.394 e. The highest BCUT2D eigenvalue weighted by Crippen LogP contribution is 2.27. The fraction of sp³-hybridized carbons (Fsp3) is 0.962. The fourth-order valence-electron chi connectivity index (χ4n) is 13.1. The van der Waals surface area contributed by atoms with Gasteiger partial charge in [0.1, 0.15) is 16.6 Å². The molecule has 0 spiro atoms. The van der Waals surface area contributed by atoms with Crippen LogP contribution in [0.4, 0.5) is 0 Å². The number of aliphatic hydroxyl groups is 6. The number of nitrogens with zero attached hydrogens (tertiary/aromatic N) is 1. The summed E-state index contributed by atoms with van der Waals surface area (Å²) in [6, 6.07) is 0.118. The highest BCUT2D eigenvalue weighted by molar-refractivity contribution is 6.60. The van der Waals surface area contributed by atoms with E-state index in [-0.39, 0.29) is 43.0 Å². The first-order chi connectivity index (χ1) is 46.6. The molecule has 0 aromatic carbocycles. The molecule has 0 atom stereocenters. The van der Waals surface area contributed by atoms with Gasteiger partial charge < -0.3 is 64.4 Å². The second kappa shape index (κ2) is 65.3. The Hall–Kier alpha value is -1.77. The molecule has 16 nitrogen and oxygen atoms in total. The third-order valence-corrected chi connectivity index (χ3v) is 22.8. The molecule has 0 saturated carbocycles. The van der Waals surface area contributed by atoms with Crippen LogP contribution in [0.25, 0.3) is 0 Å². The Balaban J connectivity index is 6.68. The first kappa shape index (κ1) is 94.2. The summed E-state index contributed by atoms with van der Waals surface area (Å²) in [6.45, 7) is 4.99. The van der Waals surface area contributed by atoms with Crippen molar-refractivity contribution in [2.45, 2.75) is 404 Å². The molecule has 0 aliphatic heterocycles. The fourth-order valence-corrected chi connectivity index (χ4v) is 15.8. The normalized spacial score (nSPS) is 12.5. The average molecular weight is 1390 g/mol. The zero-order valence-electron chi connectivity index (χ0n) is 64.0. The maximum absolute atomic E-state index is 13.8. The molecule has 0 bridgehead atoms. The van der Waals surface area contributed by atoms with Crippen molar-refractivity contribution < 1.29 is 62.8 Å². The molecule has 9 N–H and O–H groups in total. The number of carbonyl (C=O) groups is 3. The van der Waals surface area contributed by atoms with Gasteiger partial charge in [-0.15, -0.1) is 0 Å². The second-order valence-corrected chi connectivity index (χ2v) is 33.1. The highest BCUT2D eigenvalue weighted by Gasteiger charge is 2.49. The standard InChI is InChI=1S/C79H160N4O12Si/c1-7-11-15-19-23-27-31-35-38-42-46-50-54-59-74(90)80-77(65-84,66-85)71-93-96(64-58-63-83(5,6)62-57-53-49-45-41-34-30-26-22-18-14-10-4,94-72-78(67-86,68-87)81-75(91)60-55-51-47-43-39-36-32-28-24-20-16-12-8-2)95-73-79(69-88,70-89)82-76(92)61-56-52-48-44-40-37-33-29-25-21-17-13-9-3/h84-89H,7-73H2,1-6H3,(H2-,80,81,82,90,91,92)/p+1. The van der Waals surface area contributed by atoms with Gasteiger partial charge in [-0.2, -0.15) is 0 Å². The van der Waals surface area contributed by atoms with Gasteiger partial charge in [-0.05, 0) is 32.1 Å². The molecule has 96 heavy (non-hydrogen) atoms. The molecule has 0 heterocycles. The SMILES string of the molecule is CCCCCCCCCCCCCCCC(=O)NC(CO)(CO)CO[Si](CCC[N+](C)(C)CCCCCCCCCCCCCC)(OCC(CO)(CO)NC(=O)CCCCCCCCCCCCCCC)OCC(CO)(CO)NC(=O)CCCCCCCCCCCCCCC. The van der Waals surface area contributed by atoms with Crippen LogP contribution in [0.3, 0.4) is 0 Å². The summed E-state index contributed by atoms with van der Waals surface area (Å²) in [4.78, 5) is 41.3. The van der Waals surface area contributed by atoms with E-state index in [0.29, 0.717) is 36.7 Å². The monoisotopic (exact) mass is 1390 g/mol. The van der Waals surface area contributed by atoms with E-state index in [2.05, 4.69) is 57.7 Å². The van der Waals surface area contributed by atoms with Crippen LogP contribution >= 0.6 is 0 Å². The number of amides is 3. The maximum Gasteiger partial charge on any atom is 0.501 e. The quantitative estimate of drug-likeness (QED) is 0.0157. The van der Waals surface area contributed by atoms with Crippen LogP contribution in [0.5, 0.6) is 0 Å². The Labute approximate surface area is 592 Å². The summed E-state index contributed by atoms with van der Waals surface area (Å²) in [6.07, 6.45) is 61.5. The molecule has 0 saturated heterocycles. The number of hydrogen-bond acceptors (Lipinski definition) is 12. The topological polar surface area (TPSA) is 236 Å². The Morgan fingerprint density at radius 2 is 0.458 bits per heavy atom. The molecule has 0 aromatic heterocycles. The predicted octanol–water partition coefficient (Wildman–Crippen LogP) is 17.1. The van der Waals surface area contributed by atoms with Crippen LogP contribution in [-0.2, 0) is 27.7 Å². The van der Waals surface area contributed by atoms with E-state index in [4.69, 9.17) is 13.3 Å². The van der Waals surface area contributed by atoms with Gasteiger partial charge >= 0.3 is 8.80 Å². The molecule has 3 amide bonds. The minimum Gasteiger partial charge on any atom is -0.394 e. The van der Waals surface area contributed by atoms with Gasteiger partial charge in [0.2, 0.25) is 17.7 Å². The summed E-state index contributed by atoms with van der Waals surface area (Å²) in [5.74, 6) is -1.06. The van der Waals surface area contributed by atoms with Gasteiger partial charge in [-0.3, -0.25) is 14.4 Å². The average Bonchev–Trinajstić information content (AvgIpc) is 0.831. The zero-order valence-corrected chi connectivity index (χ0v) is 65.0. The van der Waals surface area contributed by atoms with E-state index in [1.54, 1.807) is 0 Å². The lowest BCUT2D eigenvalue weighted by atomic mass is 10.0. The molecule has 0 aliphatic rings. The van der Waals surface area contributed by atoms with E-state index in [1.807, 2.05) is 0 Å². The molecule has 0 unspecified atom stereocenters. The van der Waals surface area contributed by atoms with Crippen molar-refractivity contribution in [1.82, 2.24) is 16.0 Å². The van der Waals surface area contributed by atoms with Crippen molar-refractivity contribution in [3.8, 4) is 0 Å². The van der Waals surface area contributed by atoms with Crippen molar-refractivity contribution in [2.24, 2.45) is 0 Å². The van der Waals surface area contributed by atoms with E-state index in [9.17, 15) is 45.0 Å². The van der Waals surface area contributed by atoms with Crippen molar-refractivity contribution in [2.75, 3.05) is 86.6 Å². The van der Waals surface area contributed by atoms with E-state index in [1.165, 1.54) is 238 Å². The first-order valence-corrected chi connectivity index (χ1v) is 42.9. The number of rotatable bonds is 77. The number of nitrogens with one attached hydrogen (secondary N) is 3. The molecule has 0 aliphatic carbocycles. The molecule has 0 fully saturated rings. The van der Waals surface area contributed by atoms with Gasteiger partial charge in [-0.25, -0.2) is 0 Å². The Morgan fingerprint density at radius 1 is 0.281 bits per heavy atom. The Bertz CT molecular complexity index is 1570. The van der Waals surface area contributed by atoms with E-state index < -0.39 is 84.9 Å². The molecule has 0 radical (unpaired) electrons. The van der Waals surface area contributed by atoms with Crippen molar-refractivity contribution in [3.63, 3.8) is 0 Å². The van der Waals surface area contributed by atoms with Crippen LogP contribution in [-0.4, -0.2) is 165 Å². The van der Waals surface area contributed by atoms with Crippen molar-refractivity contribution in [1.29, 1.82) is 0 Å². The number of aliphatic hydroxyl groups excluding tert-OH is 6. The highest BCUT2D eigenvalue weighted by atomic mass is 28.4. The minimum atomic E-state index is -4.36. The minimum absolute atomic E-state index is 0.118. The Kier molecular flexibility index (Phi) is 64.1. The number of quaternary nitrogens is 1. The Morgan fingerprint density at radius 3 is 0.656 bits per heavy atom. The third-order valence-electron chi connectivity index (χ3n) is 20.1. The van der Waals surface area contributed by atoms with E-state index in [0.717, 1.165) is 77.2 Å². The summed E-state index contributed by atoms with van der Waals surface area (Å²) in [5, 5.41) is 75.3. The van der Waals surface area contributed by atoms with Crippen LogP contribution in [0.1, 0.15) is 381 Å². The second-order valence-electron chi connectivity index (χ2n) is 30.3. The maximum atomic E-state index is 13.8. The van der Waals surface area contributed by atoms with Crippen LogP contribution < -0.4 is 16.0 Å². The van der Waals surface area contributed by atoms with Gasteiger partial charge in [0.15, 0.2) is 0 Å².